The summed E-state index contributed by atoms with van der Waals surface area (Å²) in [4.78, 5) is 0. The van der Waals surface area contributed by atoms with Gasteiger partial charge >= 0.3 is 6.18 Å². The number of rotatable bonds is 2. The number of nitrogens with two attached hydrogens (primary N) is 1. The van der Waals surface area contributed by atoms with Gasteiger partial charge in [-0.15, -0.1) is 0 Å². The summed E-state index contributed by atoms with van der Waals surface area (Å²) >= 11 is 3.32. The van der Waals surface area contributed by atoms with Crippen LogP contribution in [0.1, 0.15) is 25.1 Å². The molecule has 2 rings (SSSR count). The van der Waals surface area contributed by atoms with Crippen LogP contribution in [-0.4, -0.2) is 11.1 Å². The van der Waals surface area contributed by atoms with Crippen molar-refractivity contribution in [3.05, 3.63) is 33.9 Å². The molecule has 110 valence electrons. The first kappa shape index (κ1) is 15.4. The molecule has 1 heterocycles. The monoisotopic (exact) mass is 348 g/mol. The average molecular weight is 349 g/mol. The molecule has 2 nitrogen and oxygen atoms in total. The molecule has 1 aromatic carbocycles. The summed E-state index contributed by atoms with van der Waals surface area (Å²) in [5, 5.41) is 0.588. The van der Waals surface area contributed by atoms with E-state index in [2.05, 4.69) is 15.9 Å². The van der Waals surface area contributed by atoms with Crippen molar-refractivity contribution in [2.75, 3.05) is 6.54 Å². The lowest BCUT2D eigenvalue weighted by atomic mass is 9.82. The van der Waals surface area contributed by atoms with E-state index >= 15 is 0 Å². The van der Waals surface area contributed by atoms with Crippen LogP contribution in [0.2, 0.25) is 0 Å². The number of nitrogens with zero attached hydrogens (tertiary/aromatic N) is 1. The highest BCUT2D eigenvalue weighted by Gasteiger charge is 2.42. The molecule has 2 N–H and O–H groups in total. The zero-order valence-corrected chi connectivity index (χ0v) is 13.1. The molecule has 2 aromatic rings. The molecule has 0 atom stereocenters. The van der Waals surface area contributed by atoms with Crippen molar-refractivity contribution in [2.24, 2.45) is 12.8 Å². The molecule has 6 heteroatoms. The lowest BCUT2D eigenvalue weighted by Gasteiger charge is -2.25. The number of alkyl halides is 3. The summed E-state index contributed by atoms with van der Waals surface area (Å²) in [7, 11) is 1.44. The predicted octanol–water partition coefficient (Wildman–Crippen LogP) is 4.20. The van der Waals surface area contributed by atoms with E-state index in [-0.39, 0.29) is 12.1 Å². The Kier molecular flexibility index (Phi) is 3.67. The Bertz CT molecular complexity index is 656. The first-order valence-corrected chi connectivity index (χ1v) is 6.94. The third-order valence-corrected chi connectivity index (χ3v) is 4.11. The fraction of sp³-hybridized carbons (Fsp3) is 0.429. The topological polar surface area (TPSA) is 30.9 Å². The van der Waals surface area contributed by atoms with Gasteiger partial charge in [-0.2, -0.15) is 13.2 Å². The Morgan fingerprint density at radius 1 is 1.25 bits per heavy atom. The SMILES string of the molecule is Cn1c(C(F)(F)F)c(C(C)(C)CN)c2cc(Br)ccc21. The van der Waals surface area contributed by atoms with E-state index in [1.807, 2.05) is 0 Å². The van der Waals surface area contributed by atoms with Crippen LogP contribution in [0.5, 0.6) is 0 Å². The van der Waals surface area contributed by atoms with Crippen molar-refractivity contribution in [3.63, 3.8) is 0 Å². The Hall–Kier alpha value is -1.01. The van der Waals surface area contributed by atoms with E-state index in [0.717, 1.165) is 4.47 Å². The van der Waals surface area contributed by atoms with Gasteiger partial charge in [-0.1, -0.05) is 29.8 Å². The molecule has 1 aromatic heterocycles. The van der Waals surface area contributed by atoms with Crippen LogP contribution >= 0.6 is 15.9 Å². The minimum absolute atomic E-state index is 0.141. The Morgan fingerprint density at radius 3 is 2.35 bits per heavy atom. The molecule has 0 aliphatic rings. The number of aryl methyl sites for hydroxylation is 1. The number of hydrogen-bond donors (Lipinski definition) is 1. The number of benzene rings is 1. The van der Waals surface area contributed by atoms with Crippen molar-refractivity contribution >= 4 is 26.8 Å². The van der Waals surface area contributed by atoms with Crippen LogP contribution in [0.4, 0.5) is 13.2 Å². The van der Waals surface area contributed by atoms with E-state index in [9.17, 15) is 13.2 Å². The van der Waals surface area contributed by atoms with Gasteiger partial charge in [0.25, 0.3) is 0 Å². The summed E-state index contributed by atoms with van der Waals surface area (Å²) in [5.41, 5.74) is 5.13. The largest absolute Gasteiger partial charge is 0.431 e. The molecule has 20 heavy (non-hydrogen) atoms. The summed E-state index contributed by atoms with van der Waals surface area (Å²) in [6, 6.07) is 5.14. The van der Waals surface area contributed by atoms with Gasteiger partial charge < -0.3 is 10.3 Å². The average Bonchev–Trinajstić information content (AvgIpc) is 2.62. The molecule has 0 amide bonds. The van der Waals surface area contributed by atoms with Crippen LogP contribution in [0.3, 0.4) is 0 Å². The van der Waals surface area contributed by atoms with Gasteiger partial charge in [0.2, 0.25) is 0 Å². The van der Waals surface area contributed by atoms with Gasteiger partial charge in [0.1, 0.15) is 5.69 Å². The zero-order valence-electron chi connectivity index (χ0n) is 11.5. The summed E-state index contributed by atoms with van der Waals surface area (Å²) in [6.45, 7) is 3.61. The van der Waals surface area contributed by atoms with E-state index in [4.69, 9.17) is 5.73 Å². The van der Waals surface area contributed by atoms with E-state index in [0.29, 0.717) is 10.9 Å². The third kappa shape index (κ3) is 2.35. The highest BCUT2D eigenvalue weighted by molar-refractivity contribution is 9.10. The maximum Gasteiger partial charge on any atom is 0.431 e. The molecule has 0 bridgehead atoms. The van der Waals surface area contributed by atoms with Gasteiger partial charge in [-0.3, -0.25) is 0 Å². The first-order valence-electron chi connectivity index (χ1n) is 6.15. The summed E-state index contributed by atoms with van der Waals surface area (Å²) in [5.74, 6) is 0. The highest BCUT2D eigenvalue weighted by atomic mass is 79.9. The smallest absolute Gasteiger partial charge is 0.340 e. The highest BCUT2D eigenvalue weighted by Crippen LogP contribution is 2.43. The number of halogens is 4. The predicted molar refractivity (Wildman–Crippen MR) is 77.7 cm³/mol. The van der Waals surface area contributed by atoms with Crippen LogP contribution in [0, 0.1) is 0 Å². The minimum Gasteiger partial charge on any atom is -0.340 e. The van der Waals surface area contributed by atoms with Crippen LogP contribution < -0.4 is 5.73 Å². The van der Waals surface area contributed by atoms with Gasteiger partial charge in [0.05, 0.1) is 0 Å². The van der Waals surface area contributed by atoms with Crippen molar-refractivity contribution in [3.8, 4) is 0 Å². The van der Waals surface area contributed by atoms with Gasteiger partial charge in [0, 0.05) is 34.4 Å². The second-order valence-corrected chi connectivity index (χ2v) is 6.45. The van der Waals surface area contributed by atoms with Gasteiger partial charge in [-0.25, -0.2) is 0 Å². The normalized spacial score (nSPS) is 13.2. The molecular weight excluding hydrogens is 333 g/mol. The fourth-order valence-corrected chi connectivity index (χ4v) is 2.90. The van der Waals surface area contributed by atoms with Crippen LogP contribution in [-0.2, 0) is 18.6 Å². The summed E-state index contributed by atoms with van der Waals surface area (Å²) < 4.78 is 42.3. The van der Waals surface area contributed by atoms with E-state index < -0.39 is 17.3 Å². The quantitative estimate of drug-likeness (QED) is 0.866. The van der Waals surface area contributed by atoms with Gasteiger partial charge in [0.15, 0.2) is 0 Å². The molecule has 0 aliphatic heterocycles. The third-order valence-electron chi connectivity index (χ3n) is 3.62. The Morgan fingerprint density at radius 2 is 1.85 bits per heavy atom. The lowest BCUT2D eigenvalue weighted by Crippen LogP contribution is -2.31. The molecule has 0 aliphatic carbocycles. The Balaban J connectivity index is 2.97. The van der Waals surface area contributed by atoms with Crippen molar-refractivity contribution in [2.45, 2.75) is 25.4 Å². The number of aromatic nitrogens is 1. The second-order valence-electron chi connectivity index (χ2n) is 5.53. The van der Waals surface area contributed by atoms with Gasteiger partial charge in [-0.05, 0) is 23.8 Å². The molecule has 0 spiro atoms. The van der Waals surface area contributed by atoms with Crippen molar-refractivity contribution in [1.82, 2.24) is 4.57 Å². The van der Waals surface area contributed by atoms with Crippen LogP contribution in [0.25, 0.3) is 10.9 Å². The molecule has 0 unspecified atom stereocenters. The van der Waals surface area contributed by atoms with Crippen molar-refractivity contribution in [1.29, 1.82) is 0 Å². The molecule has 0 radical (unpaired) electrons. The van der Waals surface area contributed by atoms with E-state index in [1.54, 1.807) is 32.0 Å². The molecule has 0 saturated heterocycles. The first-order chi connectivity index (χ1) is 9.09. The maximum atomic E-state index is 13.4. The number of fused-ring (bicyclic) bond motifs is 1. The lowest BCUT2D eigenvalue weighted by molar-refractivity contribution is -0.143. The Labute approximate surface area is 123 Å². The molecule has 0 fully saturated rings. The minimum atomic E-state index is -4.41. The number of hydrogen-bond acceptors (Lipinski definition) is 1. The summed E-state index contributed by atoms with van der Waals surface area (Å²) in [6.07, 6.45) is -4.41. The van der Waals surface area contributed by atoms with E-state index in [1.165, 1.54) is 11.6 Å². The zero-order chi connectivity index (χ0) is 15.3. The molecule has 0 saturated carbocycles. The van der Waals surface area contributed by atoms with Crippen molar-refractivity contribution < 1.29 is 13.2 Å². The standard InChI is InChI=1S/C14H16BrF3N2/c1-13(2,7-19)11-9-6-8(15)4-5-10(9)20(3)12(11)14(16,17)18/h4-6H,7,19H2,1-3H3. The maximum absolute atomic E-state index is 13.4. The van der Waals surface area contributed by atoms with Crippen LogP contribution in [0.15, 0.2) is 22.7 Å². The molecular formula is C14H16BrF3N2. The second kappa shape index (κ2) is 4.77. The fourth-order valence-electron chi connectivity index (χ4n) is 2.54.